The minimum absolute atomic E-state index is 0.200. The Labute approximate surface area is 126 Å². The molecule has 1 aromatic heterocycles. The Hall–Kier alpha value is -1.81. The number of aromatic nitrogens is 1. The lowest BCUT2D eigenvalue weighted by Crippen LogP contribution is -2.34. The van der Waals surface area contributed by atoms with E-state index in [0.29, 0.717) is 10.2 Å². The Morgan fingerprint density at radius 1 is 1.55 bits per heavy atom. The highest BCUT2D eigenvalue weighted by Crippen LogP contribution is 2.20. The molecule has 0 saturated carbocycles. The molecule has 0 aliphatic carbocycles. The van der Waals surface area contributed by atoms with Gasteiger partial charge in [0.2, 0.25) is 0 Å². The Morgan fingerprint density at radius 2 is 2.25 bits per heavy atom. The summed E-state index contributed by atoms with van der Waals surface area (Å²) in [6.45, 7) is 5.85. The molecule has 1 amide bonds. The van der Waals surface area contributed by atoms with Crippen molar-refractivity contribution in [2.45, 2.75) is 26.4 Å². The van der Waals surface area contributed by atoms with Gasteiger partial charge in [-0.3, -0.25) is 0 Å². The Bertz CT molecular complexity index is 521. The minimum Gasteiger partial charge on any atom is -0.489 e. The zero-order valence-corrected chi connectivity index (χ0v) is 13.2. The maximum atomic E-state index is 11.4. The van der Waals surface area contributed by atoms with Crippen molar-refractivity contribution < 1.29 is 14.3 Å². The first kappa shape index (κ1) is 16.2. The quantitative estimate of drug-likeness (QED) is 0.851. The average molecular weight is 342 g/mol. The molecule has 1 rings (SSSR count). The molecular formula is C13H16BrN3O3. The Balaban J connectivity index is 2.40. The molecule has 0 atom stereocenters. The maximum absolute atomic E-state index is 11.4. The number of nitrogens with one attached hydrogen (secondary N) is 1. The number of ether oxygens (including phenoxy) is 2. The highest BCUT2D eigenvalue weighted by atomic mass is 79.9. The van der Waals surface area contributed by atoms with Crippen LogP contribution in [0.4, 0.5) is 4.79 Å². The number of nitriles is 1. The van der Waals surface area contributed by atoms with Crippen LogP contribution in [0.15, 0.2) is 16.7 Å². The third kappa shape index (κ3) is 5.89. The smallest absolute Gasteiger partial charge is 0.407 e. The number of rotatable bonds is 4. The number of hydrogen-bond donors (Lipinski definition) is 1. The van der Waals surface area contributed by atoms with E-state index in [4.69, 9.17) is 14.7 Å². The zero-order valence-electron chi connectivity index (χ0n) is 11.6. The first-order valence-corrected chi connectivity index (χ1v) is 6.76. The van der Waals surface area contributed by atoms with E-state index in [1.807, 2.05) is 6.07 Å². The molecule has 1 aromatic rings. The number of carbonyl (C=O) groups is 1. The van der Waals surface area contributed by atoms with Crippen molar-refractivity contribution in [1.29, 1.82) is 5.26 Å². The predicted octanol–water partition coefficient (Wildman–Crippen LogP) is 2.62. The largest absolute Gasteiger partial charge is 0.489 e. The molecule has 0 unspecified atom stereocenters. The normalized spacial score (nSPS) is 10.6. The van der Waals surface area contributed by atoms with Gasteiger partial charge in [-0.2, -0.15) is 5.26 Å². The van der Waals surface area contributed by atoms with Crippen LogP contribution in [-0.4, -0.2) is 29.8 Å². The Kier molecular flexibility index (Phi) is 5.77. The summed E-state index contributed by atoms with van der Waals surface area (Å²) >= 11 is 3.25. The molecule has 0 radical (unpaired) electrons. The van der Waals surface area contributed by atoms with Gasteiger partial charge in [-0.15, -0.1) is 0 Å². The van der Waals surface area contributed by atoms with E-state index in [9.17, 15) is 4.79 Å². The van der Waals surface area contributed by atoms with Crippen LogP contribution in [0.3, 0.4) is 0 Å². The lowest BCUT2D eigenvalue weighted by Gasteiger charge is -2.19. The molecule has 6 nitrogen and oxygen atoms in total. The lowest BCUT2D eigenvalue weighted by molar-refractivity contribution is 0.0520. The summed E-state index contributed by atoms with van der Waals surface area (Å²) in [5, 5.41) is 11.4. The minimum atomic E-state index is -0.535. The summed E-state index contributed by atoms with van der Waals surface area (Å²) in [5.74, 6) is 0.368. The van der Waals surface area contributed by atoms with E-state index in [-0.39, 0.29) is 18.8 Å². The van der Waals surface area contributed by atoms with Crippen molar-refractivity contribution in [3.8, 4) is 11.8 Å². The first-order valence-electron chi connectivity index (χ1n) is 5.97. The van der Waals surface area contributed by atoms with Crippen LogP contribution < -0.4 is 10.1 Å². The SMILES string of the molecule is CC(C)(C)OC(=O)NCCOc1cc(Br)cnc1C#N. The average Bonchev–Trinajstić information content (AvgIpc) is 2.33. The van der Waals surface area contributed by atoms with Gasteiger partial charge in [-0.1, -0.05) is 0 Å². The third-order valence-electron chi connectivity index (χ3n) is 1.95. The van der Waals surface area contributed by atoms with E-state index in [1.54, 1.807) is 26.8 Å². The van der Waals surface area contributed by atoms with Gasteiger partial charge in [-0.25, -0.2) is 9.78 Å². The molecule has 1 N–H and O–H groups in total. The number of carbonyl (C=O) groups excluding carboxylic acids is 1. The van der Waals surface area contributed by atoms with Crippen molar-refractivity contribution in [3.05, 3.63) is 22.4 Å². The fourth-order valence-electron chi connectivity index (χ4n) is 1.24. The Morgan fingerprint density at radius 3 is 2.85 bits per heavy atom. The lowest BCUT2D eigenvalue weighted by atomic mass is 10.2. The molecule has 1 heterocycles. The van der Waals surface area contributed by atoms with Crippen LogP contribution in [0, 0.1) is 11.3 Å². The second-order valence-corrected chi connectivity index (χ2v) is 5.80. The molecule has 0 spiro atoms. The van der Waals surface area contributed by atoms with E-state index in [0.717, 1.165) is 0 Å². The molecule has 0 saturated heterocycles. The van der Waals surface area contributed by atoms with E-state index >= 15 is 0 Å². The van der Waals surface area contributed by atoms with E-state index in [2.05, 4.69) is 26.2 Å². The summed E-state index contributed by atoms with van der Waals surface area (Å²) in [5.41, 5.74) is -0.335. The highest BCUT2D eigenvalue weighted by Gasteiger charge is 2.15. The van der Waals surface area contributed by atoms with Crippen molar-refractivity contribution in [2.24, 2.45) is 0 Å². The number of alkyl carbamates (subject to hydrolysis) is 1. The molecule has 0 aromatic carbocycles. The van der Waals surface area contributed by atoms with E-state index in [1.165, 1.54) is 6.20 Å². The number of halogens is 1. The maximum Gasteiger partial charge on any atom is 0.407 e. The standard InChI is InChI=1S/C13H16BrN3O3/c1-13(2,3)20-12(18)16-4-5-19-11-6-9(14)8-17-10(11)7-15/h6,8H,4-5H2,1-3H3,(H,16,18). The van der Waals surface area contributed by atoms with Gasteiger partial charge in [0.05, 0.1) is 6.54 Å². The van der Waals surface area contributed by atoms with Gasteiger partial charge in [0.25, 0.3) is 0 Å². The summed E-state index contributed by atoms with van der Waals surface area (Å²) in [6, 6.07) is 3.59. The molecule has 7 heteroatoms. The summed E-state index contributed by atoms with van der Waals surface area (Å²) in [7, 11) is 0. The predicted molar refractivity (Wildman–Crippen MR) is 76.4 cm³/mol. The molecule has 0 bridgehead atoms. The van der Waals surface area contributed by atoms with E-state index < -0.39 is 11.7 Å². The number of amides is 1. The van der Waals surface area contributed by atoms with Gasteiger partial charge >= 0.3 is 6.09 Å². The van der Waals surface area contributed by atoms with Crippen molar-refractivity contribution in [1.82, 2.24) is 10.3 Å². The van der Waals surface area contributed by atoms with Crippen LogP contribution in [0.1, 0.15) is 26.5 Å². The molecule has 108 valence electrons. The van der Waals surface area contributed by atoms with Crippen LogP contribution in [0.5, 0.6) is 5.75 Å². The summed E-state index contributed by atoms with van der Waals surface area (Å²) < 4.78 is 11.2. The molecule has 0 aliphatic rings. The molecule has 0 aliphatic heterocycles. The van der Waals surface area contributed by atoms with Crippen LogP contribution >= 0.6 is 15.9 Å². The zero-order chi connectivity index (χ0) is 15.2. The second-order valence-electron chi connectivity index (χ2n) is 4.89. The molecule has 20 heavy (non-hydrogen) atoms. The van der Waals surface area contributed by atoms with Crippen LogP contribution in [0.25, 0.3) is 0 Å². The fraction of sp³-hybridized carbons (Fsp3) is 0.462. The topological polar surface area (TPSA) is 84.2 Å². The summed E-state index contributed by atoms with van der Waals surface area (Å²) in [6.07, 6.45) is 1.01. The summed E-state index contributed by atoms with van der Waals surface area (Å²) in [4.78, 5) is 15.3. The monoisotopic (exact) mass is 341 g/mol. The number of hydrogen-bond acceptors (Lipinski definition) is 5. The number of pyridine rings is 1. The van der Waals surface area contributed by atoms with Crippen molar-refractivity contribution >= 4 is 22.0 Å². The first-order chi connectivity index (χ1) is 9.31. The third-order valence-corrected chi connectivity index (χ3v) is 2.39. The second kappa shape index (κ2) is 7.10. The highest BCUT2D eigenvalue weighted by molar-refractivity contribution is 9.10. The fourth-order valence-corrected chi connectivity index (χ4v) is 1.55. The van der Waals surface area contributed by atoms with Crippen molar-refractivity contribution in [2.75, 3.05) is 13.2 Å². The van der Waals surface area contributed by atoms with Gasteiger partial charge in [0.1, 0.15) is 18.3 Å². The molecular weight excluding hydrogens is 326 g/mol. The number of nitrogens with zero attached hydrogens (tertiary/aromatic N) is 2. The van der Waals surface area contributed by atoms with Crippen LogP contribution in [0.2, 0.25) is 0 Å². The van der Waals surface area contributed by atoms with Gasteiger partial charge < -0.3 is 14.8 Å². The molecule has 0 fully saturated rings. The van der Waals surface area contributed by atoms with Crippen molar-refractivity contribution in [3.63, 3.8) is 0 Å². The van der Waals surface area contributed by atoms with Gasteiger partial charge in [-0.05, 0) is 42.8 Å². The van der Waals surface area contributed by atoms with Crippen LogP contribution in [-0.2, 0) is 4.74 Å². The van der Waals surface area contributed by atoms with Gasteiger partial charge in [0, 0.05) is 10.7 Å². The van der Waals surface area contributed by atoms with Gasteiger partial charge in [0.15, 0.2) is 11.4 Å².